The molecule has 8 nitrogen and oxygen atoms in total. The third kappa shape index (κ3) is 3.50. The molecule has 0 spiro atoms. The number of esters is 1. The minimum absolute atomic E-state index is 0.00228. The maximum absolute atomic E-state index is 12.2. The Hall–Kier alpha value is -3.16. The molecule has 3 heterocycles. The first-order valence-electron chi connectivity index (χ1n) is 9.86. The average Bonchev–Trinajstić information content (AvgIpc) is 3.11. The van der Waals surface area contributed by atoms with Crippen LogP contribution in [0.25, 0.3) is 11.1 Å². The zero-order chi connectivity index (χ0) is 20.5. The van der Waals surface area contributed by atoms with Gasteiger partial charge in [0.25, 0.3) is 5.71 Å². The summed E-state index contributed by atoms with van der Waals surface area (Å²) >= 11 is 0. The van der Waals surface area contributed by atoms with E-state index in [9.17, 15) is 4.79 Å². The van der Waals surface area contributed by atoms with E-state index in [1.54, 1.807) is 6.92 Å². The monoisotopic (exact) mass is 395 g/mol. The molecule has 0 N–H and O–H groups in total. The number of rotatable bonds is 4. The number of anilines is 2. The van der Waals surface area contributed by atoms with Crippen molar-refractivity contribution in [3.05, 3.63) is 40.8 Å². The lowest BCUT2D eigenvalue weighted by molar-refractivity contribution is 0.0512. The fourth-order valence-electron chi connectivity index (χ4n) is 3.72. The van der Waals surface area contributed by atoms with Gasteiger partial charge in [-0.05, 0) is 44.9 Å². The van der Waals surface area contributed by atoms with Crippen molar-refractivity contribution in [3.8, 4) is 0 Å². The number of aryl methyl sites for hydroxylation is 2. The highest BCUT2D eigenvalue weighted by molar-refractivity contribution is 5.93. The third-order valence-electron chi connectivity index (χ3n) is 5.44. The Morgan fingerprint density at radius 1 is 1.10 bits per heavy atom. The number of fused-ring (bicyclic) bond motifs is 1. The first-order valence-corrected chi connectivity index (χ1v) is 9.86. The minimum Gasteiger partial charge on any atom is -0.460 e. The van der Waals surface area contributed by atoms with Crippen LogP contribution in [-0.2, 0) is 4.74 Å². The number of carbonyl (C=O) groups excluding carboxylic acids is 1. The van der Waals surface area contributed by atoms with Crippen LogP contribution in [0.3, 0.4) is 0 Å². The van der Waals surface area contributed by atoms with Crippen LogP contribution in [0.5, 0.6) is 0 Å². The molecular formula is C21H25N5O3. The molecule has 1 aliphatic rings. The Morgan fingerprint density at radius 3 is 2.55 bits per heavy atom. The predicted molar refractivity (Wildman–Crippen MR) is 111 cm³/mol. The molecule has 0 atom stereocenters. The topological polar surface area (TPSA) is 84.6 Å². The highest BCUT2D eigenvalue weighted by atomic mass is 16.5. The molecule has 0 amide bonds. The third-order valence-corrected chi connectivity index (χ3v) is 5.44. The number of aromatic nitrogens is 3. The van der Waals surface area contributed by atoms with Crippen molar-refractivity contribution in [3.63, 3.8) is 0 Å². The van der Waals surface area contributed by atoms with Gasteiger partial charge in [-0.3, -0.25) is 0 Å². The fraction of sp³-hybridized carbons (Fsp3) is 0.429. The van der Waals surface area contributed by atoms with Gasteiger partial charge in [0.05, 0.1) is 12.3 Å². The summed E-state index contributed by atoms with van der Waals surface area (Å²) in [6.45, 7) is 11.4. The lowest BCUT2D eigenvalue weighted by atomic mass is 10.1. The number of carbonyl (C=O) groups is 1. The Balaban J connectivity index is 1.63. The van der Waals surface area contributed by atoms with E-state index in [4.69, 9.17) is 9.26 Å². The quantitative estimate of drug-likeness (QED) is 0.623. The smallest absolute Gasteiger partial charge is 0.376 e. The summed E-state index contributed by atoms with van der Waals surface area (Å²) in [6.07, 6.45) is 0. The maximum Gasteiger partial charge on any atom is 0.376 e. The van der Waals surface area contributed by atoms with E-state index in [0.29, 0.717) is 17.2 Å². The van der Waals surface area contributed by atoms with Gasteiger partial charge in [0.15, 0.2) is 0 Å². The first-order chi connectivity index (χ1) is 14.0. The number of hydrogen-bond acceptors (Lipinski definition) is 8. The van der Waals surface area contributed by atoms with Gasteiger partial charge in [-0.15, -0.1) is 0 Å². The lowest BCUT2D eigenvalue weighted by Gasteiger charge is -2.37. The van der Waals surface area contributed by atoms with Crippen molar-refractivity contribution >= 4 is 28.6 Å². The molecule has 1 aliphatic heterocycles. The number of ether oxygens (including phenoxy) is 1. The molecule has 0 unspecified atom stereocenters. The van der Waals surface area contributed by atoms with E-state index in [-0.39, 0.29) is 12.4 Å². The van der Waals surface area contributed by atoms with Gasteiger partial charge in [0.2, 0.25) is 5.82 Å². The zero-order valence-electron chi connectivity index (χ0n) is 17.2. The van der Waals surface area contributed by atoms with E-state index in [0.717, 1.165) is 31.6 Å². The molecule has 2 aromatic heterocycles. The molecule has 0 saturated carbocycles. The van der Waals surface area contributed by atoms with Gasteiger partial charge < -0.3 is 19.1 Å². The average molecular weight is 395 g/mol. The van der Waals surface area contributed by atoms with Gasteiger partial charge in [0, 0.05) is 31.9 Å². The summed E-state index contributed by atoms with van der Waals surface area (Å²) in [6, 6.07) is 6.41. The van der Waals surface area contributed by atoms with Gasteiger partial charge in [-0.2, -0.15) is 4.98 Å². The first kappa shape index (κ1) is 19.2. The Bertz CT molecular complexity index is 1050. The SMILES string of the molecule is CCOC(=O)c1nc(N2CCN(c3cccc(C)c3C)CC2)c2c(C)noc2n1. The molecule has 1 fully saturated rings. The Labute approximate surface area is 169 Å². The number of benzene rings is 1. The van der Waals surface area contributed by atoms with Crippen LogP contribution in [0, 0.1) is 20.8 Å². The molecule has 4 rings (SSSR count). The summed E-state index contributed by atoms with van der Waals surface area (Å²) in [4.78, 5) is 25.5. The largest absolute Gasteiger partial charge is 0.460 e. The standard InChI is InChI=1S/C21H25N5O3/c1-5-28-21(27)18-22-19(17-15(4)24-29-20(17)23-18)26-11-9-25(10-12-26)16-8-6-7-13(2)14(16)3/h6-8H,5,9-12H2,1-4H3. The van der Waals surface area contributed by atoms with Crippen LogP contribution >= 0.6 is 0 Å². The molecule has 0 aliphatic carbocycles. The van der Waals surface area contributed by atoms with Crippen LogP contribution in [0.1, 0.15) is 34.4 Å². The molecule has 1 aromatic carbocycles. The molecule has 1 saturated heterocycles. The normalized spacial score (nSPS) is 14.5. The van der Waals surface area contributed by atoms with Crippen molar-refractivity contribution in [2.45, 2.75) is 27.7 Å². The molecule has 3 aromatic rings. The molecule has 0 radical (unpaired) electrons. The van der Waals surface area contributed by atoms with Crippen molar-refractivity contribution in [1.29, 1.82) is 0 Å². The zero-order valence-corrected chi connectivity index (χ0v) is 17.2. The maximum atomic E-state index is 12.2. The second kappa shape index (κ2) is 7.69. The van der Waals surface area contributed by atoms with Crippen LogP contribution in [0.2, 0.25) is 0 Å². The summed E-state index contributed by atoms with van der Waals surface area (Å²) < 4.78 is 10.4. The summed E-state index contributed by atoms with van der Waals surface area (Å²) in [5.41, 5.74) is 4.90. The van der Waals surface area contributed by atoms with Crippen LogP contribution in [0.15, 0.2) is 22.7 Å². The predicted octanol–water partition coefficient (Wildman–Crippen LogP) is 3.05. The highest BCUT2D eigenvalue weighted by Crippen LogP contribution is 2.30. The fourth-order valence-corrected chi connectivity index (χ4v) is 3.72. The van der Waals surface area contributed by atoms with Gasteiger partial charge in [-0.1, -0.05) is 17.3 Å². The minimum atomic E-state index is -0.557. The number of nitrogens with zero attached hydrogens (tertiary/aromatic N) is 5. The van der Waals surface area contributed by atoms with Crippen LogP contribution < -0.4 is 9.80 Å². The second-order valence-electron chi connectivity index (χ2n) is 7.23. The lowest BCUT2D eigenvalue weighted by Crippen LogP contribution is -2.47. The van der Waals surface area contributed by atoms with E-state index >= 15 is 0 Å². The van der Waals surface area contributed by atoms with Crippen molar-refractivity contribution in [2.75, 3.05) is 42.6 Å². The van der Waals surface area contributed by atoms with E-state index in [1.807, 2.05) is 6.92 Å². The molecule has 0 bridgehead atoms. The van der Waals surface area contributed by atoms with E-state index in [2.05, 4.69) is 57.0 Å². The molecule has 152 valence electrons. The van der Waals surface area contributed by atoms with Crippen molar-refractivity contribution in [1.82, 2.24) is 15.1 Å². The van der Waals surface area contributed by atoms with Crippen LogP contribution in [0.4, 0.5) is 11.5 Å². The number of hydrogen-bond donors (Lipinski definition) is 0. The number of piperazine rings is 1. The van der Waals surface area contributed by atoms with Crippen LogP contribution in [-0.4, -0.2) is 53.9 Å². The van der Waals surface area contributed by atoms with Gasteiger partial charge in [-0.25, -0.2) is 9.78 Å². The Morgan fingerprint density at radius 2 is 1.83 bits per heavy atom. The highest BCUT2D eigenvalue weighted by Gasteiger charge is 2.26. The van der Waals surface area contributed by atoms with E-state index < -0.39 is 5.97 Å². The second-order valence-corrected chi connectivity index (χ2v) is 7.23. The molecule has 8 heteroatoms. The summed E-state index contributed by atoms with van der Waals surface area (Å²) in [5.74, 6) is 0.124. The Kier molecular flexibility index (Phi) is 5.08. The summed E-state index contributed by atoms with van der Waals surface area (Å²) in [5, 5.41) is 4.76. The van der Waals surface area contributed by atoms with Crippen molar-refractivity contribution in [2.24, 2.45) is 0 Å². The molecule has 29 heavy (non-hydrogen) atoms. The molecular weight excluding hydrogens is 370 g/mol. The van der Waals surface area contributed by atoms with Gasteiger partial charge >= 0.3 is 5.97 Å². The van der Waals surface area contributed by atoms with E-state index in [1.165, 1.54) is 16.8 Å². The van der Waals surface area contributed by atoms with Gasteiger partial charge in [0.1, 0.15) is 11.2 Å². The summed E-state index contributed by atoms with van der Waals surface area (Å²) in [7, 11) is 0. The van der Waals surface area contributed by atoms with Crippen molar-refractivity contribution < 1.29 is 14.1 Å².